The van der Waals surface area contributed by atoms with Crippen molar-refractivity contribution in [3.8, 4) is 0 Å². The summed E-state index contributed by atoms with van der Waals surface area (Å²) in [4.78, 5) is 26.1. The van der Waals surface area contributed by atoms with Crippen LogP contribution in [0.3, 0.4) is 0 Å². The monoisotopic (exact) mass is 251 g/mol. The van der Waals surface area contributed by atoms with Gasteiger partial charge in [0, 0.05) is 18.8 Å². The molecule has 0 aromatic heterocycles. The van der Waals surface area contributed by atoms with Crippen molar-refractivity contribution in [2.45, 2.75) is 6.92 Å². The fourth-order valence-corrected chi connectivity index (χ4v) is 1.86. The number of hydrogen-bond donors (Lipinski definition) is 1. The number of imide groups is 1. The first-order valence-corrected chi connectivity index (χ1v) is 5.76. The molecule has 18 heavy (non-hydrogen) atoms. The molecule has 4 amide bonds. The third-order valence-electron chi connectivity index (χ3n) is 2.70. The average molecular weight is 251 g/mol. The lowest BCUT2D eigenvalue weighted by Crippen LogP contribution is -2.42. The van der Waals surface area contributed by atoms with Crippen molar-refractivity contribution >= 4 is 17.7 Å². The maximum atomic E-state index is 13.1. The van der Waals surface area contributed by atoms with Crippen LogP contribution in [0.4, 0.5) is 19.7 Å². The van der Waals surface area contributed by atoms with Gasteiger partial charge in [-0.1, -0.05) is 6.07 Å². The van der Waals surface area contributed by atoms with Crippen LogP contribution in [0.1, 0.15) is 6.92 Å². The van der Waals surface area contributed by atoms with E-state index in [0.29, 0.717) is 25.3 Å². The minimum absolute atomic E-state index is 0.307. The van der Waals surface area contributed by atoms with E-state index in [9.17, 15) is 14.0 Å². The summed E-state index contributed by atoms with van der Waals surface area (Å²) in [5.41, 5.74) is 0.465. The molecule has 1 aliphatic heterocycles. The zero-order chi connectivity index (χ0) is 13.1. The fraction of sp³-hybridized carbons (Fsp3) is 0.333. The second kappa shape index (κ2) is 5.03. The molecular weight excluding hydrogens is 237 g/mol. The maximum absolute atomic E-state index is 13.1. The molecule has 1 N–H and O–H groups in total. The molecule has 6 heteroatoms. The second-order valence-electron chi connectivity index (χ2n) is 3.90. The number of nitrogens with one attached hydrogen (secondary N) is 1. The lowest BCUT2D eigenvalue weighted by Gasteiger charge is -2.17. The van der Waals surface area contributed by atoms with Crippen LogP contribution in [0.15, 0.2) is 24.3 Å². The van der Waals surface area contributed by atoms with Crippen molar-refractivity contribution in [3.63, 3.8) is 0 Å². The Morgan fingerprint density at radius 3 is 2.89 bits per heavy atom. The van der Waals surface area contributed by atoms with Crippen molar-refractivity contribution in [2.75, 3.05) is 24.5 Å². The van der Waals surface area contributed by atoms with E-state index in [-0.39, 0.29) is 0 Å². The molecule has 1 saturated heterocycles. The number of hydrogen-bond acceptors (Lipinski definition) is 2. The van der Waals surface area contributed by atoms with Crippen molar-refractivity contribution in [1.82, 2.24) is 10.2 Å². The van der Waals surface area contributed by atoms with Gasteiger partial charge in [0.1, 0.15) is 5.82 Å². The predicted octanol–water partition coefficient (Wildman–Crippen LogP) is 1.80. The summed E-state index contributed by atoms with van der Waals surface area (Å²) in [7, 11) is 0. The number of anilines is 1. The number of carbonyl (C=O) groups is 2. The molecule has 1 aromatic rings. The van der Waals surface area contributed by atoms with Crippen molar-refractivity contribution in [1.29, 1.82) is 0 Å². The van der Waals surface area contributed by atoms with E-state index in [1.54, 1.807) is 13.0 Å². The van der Waals surface area contributed by atoms with Gasteiger partial charge >= 0.3 is 12.1 Å². The largest absolute Gasteiger partial charge is 0.338 e. The van der Waals surface area contributed by atoms with Crippen molar-refractivity contribution in [2.24, 2.45) is 0 Å². The molecule has 2 rings (SSSR count). The van der Waals surface area contributed by atoms with Gasteiger partial charge in [0.25, 0.3) is 0 Å². The fourth-order valence-electron chi connectivity index (χ4n) is 1.86. The zero-order valence-corrected chi connectivity index (χ0v) is 10.0. The standard InChI is InChI=1S/C12H14FN3O2/c1-2-14-11(17)16-7-6-15(12(16)18)10-5-3-4-9(13)8-10/h3-5,8H,2,6-7H2,1H3,(H,14,17). The Bertz CT molecular complexity index is 478. The molecule has 1 aliphatic rings. The molecule has 1 heterocycles. The highest BCUT2D eigenvalue weighted by molar-refractivity contribution is 6.04. The predicted molar refractivity (Wildman–Crippen MR) is 64.9 cm³/mol. The highest BCUT2D eigenvalue weighted by atomic mass is 19.1. The van der Waals surface area contributed by atoms with E-state index in [0.717, 1.165) is 4.90 Å². The van der Waals surface area contributed by atoms with Gasteiger partial charge in [0.15, 0.2) is 0 Å². The third-order valence-corrected chi connectivity index (χ3v) is 2.70. The van der Waals surface area contributed by atoms with Gasteiger partial charge in [-0.15, -0.1) is 0 Å². The van der Waals surface area contributed by atoms with E-state index in [1.165, 1.54) is 23.1 Å². The van der Waals surface area contributed by atoms with E-state index >= 15 is 0 Å². The number of halogens is 1. The summed E-state index contributed by atoms with van der Waals surface area (Å²) in [6.07, 6.45) is 0. The summed E-state index contributed by atoms with van der Waals surface area (Å²) < 4.78 is 13.1. The quantitative estimate of drug-likeness (QED) is 0.871. The first-order valence-electron chi connectivity index (χ1n) is 5.76. The lowest BCUT2D eigenvalue weighted by molar-refractivity contribution is 0.200. The van der Waals surface area contributed by atoms with Crippen molar-refractivity contribution < 1.29 is 14.0 Å². The first kappa shape index (κ1) is 12.3. The Balaban J connectivity index is 2.14. The van der Waals surface area contributed by atoms with Gasteiger partial charge in [-0.3, -0.25) is 4.90 Å². The van der Waals surface area contributed by atoms with Gasteiger partial charge < -0.3 is 5.32 Å². The van der Waals surface area contributed by atoms with Crippen LogP contribution in [0.5, 0.6) is 0 Å². The van der Waals surface area contributed by atoms with Crippen LogP contribution in [-0.2, 0) is 0 Å². The molecule has 0 saturated carbocycles. The lowest BCUT2D eigenvalue weighted by atomic mass is 10.3. The SMILES string of the molecule is CCNC(=O)N1CCN(c2cccc(F)c2)C1=O. The minimum atomic E-state index is -0.424. The number of nitrogens with zero attached hydrogens (tertiary/aromatic N) is 2. The van der Waals surface area contributed by atoms with Gasteiger partial charge in [0.05, 0.1) is 6.54 Å². The second-order valence-corrected chi connectivity index (χ2v) is 3.90. The van der Waals surface area contributed by atoms with Gasteiger partial charge in [-0.25, -0.2) is 18.9 Å². The number of amides is 4. The summed E-state index contributed by atoms with van der Waals surface area (Å²) in [5, 5.41) is 2.57. The molecule has 0 unspecified atom stereocenters. The number of benzene rings is 1. The molecular formula is C12H14FN3O2. The first-order chi connectivity index (χ1) is 8.63. The third kappa shape index (κ3) is 2.27. The zero-order valence-electron chi connectivity index (χ0n) is 10.0. The molecule has 0 radical (unpaired) electrons. The summed E-state index contributed by atoms with van der Waals surface area (Å²) in [6, 6.07) is 4.92. The molecule has 0 aliphatic carbocycles. The van der Waals surface area contributed by atoms with E-state index in [1.807, 2.05) is 0 Å². The van der Waals surface area contributed by atoms with Crippen LogP contribution in [0, 0.1) is 5.82 Å². The summed E-state index contributed by atoms with van der Waals surface area (Å²) >= 11 is 0. The van der Waals surface area contributed by atoms with E-state index < -0.39 is 17.9 Å². The van der Waals surface area contributed by atoms with E-state index in [2.05, 4.69) is 5.32 Å². The smallest absolute Gasteiger partial charge is 0.332 e. The van der Waals surface area contributed by atoms with Crippen molar-refractivity contribution in [3.05, 3.63) is 30.1 Å². The van der Waals surface area contributed by atoms with Gasteiger partial charge in [-0.2, -0.15) is 0 Å². The van der Waals surface area contributed by atoms with Gasteiger partial charge in [0.2, 0.25) is 0 Å². The van der Waals surface area contributed by atoms with Gasteiger partial charge in [-0.05, 0) is 25.1 Å². The normalized spacial score (nSPS) is 15.1. The maximum Gasteiger partial charge on any atom is 0.332 e. The van der Waals surface area contributed by atoms with Crippen LogP contribution in [-0.4, -0.2) is 36.6 Å². The summed E-state index contributed by atoms with van der Waals surface area (Å²) in [6.45, 7) is 2.92. The number of carbonyl (C=O) groups excluding carboxylic acids is 2. The minimum Gasteiger partial charge on any atom is -0.338 e. The average Bonchev–Trinajstić information content (AvgIpc) is 2.71. The molecule has 0 atom stereocenters. The van der Waals surface area contributed by atoms with Crippen LogP contribution in [0.2, 0.25) is 0 Å². The molecule has 0 spiro atoms. The number of urea groups is 2. The Morgan fingerprint density at radius 2 is 2.22 bits per heavy atom. The molecule has 96 valence electrons. The topological polar surface area (TPSA) is 52.7 Å². The molecule has 1 aromatic carbocycles. The Morgan fingerprint density at radius 1 is 1.44 bits per heavy atom. The molecule has 1 fully saturated rings. The Hall–Kier alpha value is -2.11. The van der Waals surface area contributed by atoms with Crippen LogP contribution < -0.4 is 10.2 Å². The summed E-state index contributed by atoms with van der Waals surface area (Å²) in [5.74, 6) is -0.406. The molecule has 0 bridgehead atoms. The molecule has 5 nitrogen and oxygen atoms in total. The Labute approximate surface area is 104 Å². The highest BCUT2D eigenvalue weighted by Gasteiger charge is 2.33. The van der Waals surface area contributed by atoms with Crippen LogP contribution >= 0.6 is 0 Å². The Kier molecular flexibility index (Phi) is 3.45. The van der Waals surface area contributed by atoms with Crippen LogP contribution in [0.25, 0.3) is 0 Å². The highest BCUT2D eigenvalue weighted by Crippen LogP contribution is 2.20. The number of rotatable bonds is 2. The van der Waals surface area contributed by atoms with E-state index in [4.69, 9.17) is 0 Å².